The number of hydrogen-bond acceptors (Lipinski definition) is 3. The topological polar surface area (TPSA) is 62.1 Å². The predicted molar refractivity (Wildman–Crippen MR) is 91.4 cm³/mol. The Bertz CT molecular complexity index is 790. The lowest BCUT2D eigenvalue weighted by molar-refractivity contribution is -0.112. The molecular formula is C18H15ClN2O2. The van der Waals surface area contributed by atoms with Gasteiger partial charge in [0.05, 0.1) is 7.11 Å². The van der Waals surface area contributed by atoms with Crippen molar-refractivity contribution in [3.8, 4) is 11.8 Å². The molecule has 2 aromatic carbocycles. The average molecular weight is 327 g/mol. The van der Waals surface area contributed by atoms with Gasteiger partial charge in [-0.3, -0.25) is 4.79 Å². The Morgan fingerprint density at radius 3 is 2.52 bits per heavy atom. The van der Waals surface area contributed by atoms with Crippen LogP contribution < -0.4 is 10.1 Å². The van der Waals surface area contributed by atoms with Crippen LogP contribution in [0.15, 0.2) is 48.0 Å². The molecule has 0 aliphatic rings. The summed E-state index contributed by atoms with van der Waals surface area (Å²) in [5, 5.41) is 12.4. The van der Waals surface area contributed by atoms with Gasteiger partial charge in [-0.15, -0.1) is 0 Å². The van der Waals surface area contributed by atoms with E-state index in [-0.39, 0.29) is 5.57 Å². The molecule has 1 N–H and O–H groups in total. The molecule has 0 atom stereocenters. The Kier molecular flexibility index (Phi) is 5.40. The molecule has 0 aliphatic heterocycles. The minimum Gasteiger partial charge on any atom is -0.497 e. The van der Waals surface area contributed by atoms with Crippen LogP contribution in [0.25, 0.3) is 6.08 Å². The van der Waals surface area contributed by atoms with E-state index in [2.05, 4.69) is 5.32 Å². The summed E-state index contributed by atoms with van der Waals surface area (Å²) in [6.07, 6.45) is 1.52. The summed E-state index contributed by atoms with van der Waals surface area (Å²) < 4.78 is 5.07. The van der Waals surface area contributed by atoms with Crippen molar-refractivity contribution in [1.82, 2.24) is 0 Å². The van der Waals surface area contributed by atoms with Gasteiger partial charge in [0.25, 0.3) is 5.91 Å². The van der Waals surface area contributed by atoms with Crippen molar-refractivity contribution in [3.63, 3.8) is 0 Å². The van der Waals surface area contributed by atoms with Crippen molar-refractivity contribution in [3.05, 3.63) is 64.2 Å². The van der Waals surface area contributed by atoms with E-state index in [9.17, 15) is 10.1 Å². The van der Waals surface area contributed by atoms with Gasteiger partial charge in [0.15, 0.2) is 0 Å². The van der Waals surface area contributed by atoms with Crippen molar-refractivity contribution in [2.45, 2.75) is 6.92 Å². The van der Waals surface area contributed by atoms with E-state index in [4.69, 9.17) is 16.3 Å². The zero-order valence-electron chi connectivity index (χ0n) is 12.8. The SMILES string of the molecule is COc1ccc(/C=C(\C#N)C(=O)Nc2ccc(C)c(Cl)c2)cc1. The Balaban J connectivity index is 2.18. The number of benzene rings is 2. The van der Waals surface area contributed by atoms with Gasteiger partial charge in [-0.25, -0.2) is 0 Å². The zero-order chi connectivity index (χ0) is 16.8. The van der Waals surface area contributed by atoms with E-state index in [0.29, 0.717) is 16.5 Å². The van der Waals surface area contributed by atoms with Gasteiger partial charge in [-0.2, -0.15) is 5.26 Å². The van der Waals surface area contributed by atoms with Gasteiger partial charge >= 0.3 is 0 Å². The van der Waals surface area contributed by atoms with Crippen LogP contribution in [0.3, 0.4) is 0 Å². The van der Waals surface area contributed by atoms with E-state index in [0.717, 1.165) is 11.1 Å². The number of methoxy groups -OCH3 is 1. The first kappa shape index (κ1) is 16.6. The van der Waals surface area contributed by atoms with Gasteiger partial charge in [-0.1, -0.05) is 29.8 Å². The quantitative estimate of drug-likeness (QED) is 0.676. The van der Waals surface area contributed by atoms with Crippen molar-refractivity contribution in [2.24, 2.45) is 0 Å². The van der Waals surface area contributed by atoms with Crippen LogP contribution in [0.1, 0.15) is 11.1 Å². The van der Waals surface area contributed by atoms with E-state index >= 15 is 0 Å². The smallest absolute Gasteiger partial charge is 0.266 e. The third-order valence-electron chi connectivity index (χ3n) is 3.22. The molecule has 23 heavy (non-hydrogen) atoms. The van der Waals surface area contributed by atoms with E-state index in [1.54, 1.807) is 49.6 Å². The highest BCUT2D eigenvalue weighted by Gasteiger charge is 2.10. The molecule has 0 unspecified atom stereocenters. The Hall–Kier alpha value is -2.77. The second-order valence-electron chi connectivity index (χ2n) is 4.86. The first-order valence-electron chi connectivity index (χ1n) is 6.87. The molecule has 0 heterocycles. The van der Waals surface area contributed by atoms with Gasteiger partial charge in [-0.05, 0) is 48.4 Å². The number of nitriles is 1. The summed E-state index contributed by atoms with van der Waals surface area (Å²) in [6, 6.07) is 14.2. The van der Waals surface area contributed by atoms with Crippen LogP contribution in [0, 0.1) is 18.3 Å². The molecular weight excluding hydrogens is 312 g/mol. The number of carbonyl (C=O) groups is 1. The van der Waals surface area contributed by atoms with Gasteiger partial charge in [0.2, 0.25) is 0 Å². The minimum absolute atomic E-state index is 0.00636. The largest absolute Gasteiger partial charge is 0.497 e. The fraction of sp³-hybridized carbons (Fsp3) is 0.111. The Morgan fingerprint density at radius 1 is 1.26 bits per heavy atom. The molecule has 4 nitrogen and oxygen atoms in total. The predicted octanol–water partition coefficient (Wildman–Crippen LogP) is 4.20. The van der Waals surface area contributed by atoms with E-state index in [1.807, 2.05) is 13.0 Å². The first-order valence-corrected chi connectivity index (χ1v) is 7.24. The molecule has 2 aromatic rings. The second-order valence-corrected chi connectivity index (χ2v) is 5.27. The van der Waals surface area contributed by atoms with Crippen molar-refractivity contribution in [1.29, 1.82) is 5.26 Å². The summed E-state index contributed by atoms with van der Waals surface area (Å²) in [4.78, 5) is 12.2. The second kappa shape index (κ2) is 7.48. The van der Waals surface area contributed by atoms with Crippen LogP contribution >= 0.6 is 11.6 Å². The maximum atomic E-state index is 12.2. The maximum Gasteiger partial charge on any atom is 0.266 e. The number of hydrogen-bond donors (Lipinski definition) is 1. The number of aryl methyl sites for hydroxylation is 1. The number of carbonyl (C=O) groups excluding carboxylic acids is 1. The van der Waals surface area contributed by atoms with Crippen LogP contribution in [-0.4, -0.2) is 13.0 Å². The lowest BCUT2D eigenvalue weighted by atomic mass is 10.1. The lowest BCUT2D eigenvalue weighted by Crippen LogP contribution is -2.13. The van der Waals surface area contributed by atoms with Crippen molar-refractivity contribution < 1.29 is 9.53 Å². The number of nitrogens with one attached hydrogen (secondary N) is 1. The molecule has 0 saturated heterocycles. The summed E-state index contributed by atoms with van der Waals surface area (Å²) in [5.74, 6) is 0.225. The standard InChI is InChI=1S/C18H15ClN2O2/c1-12-3-6-15(10-17(12)19)21-18(22)14(11-20)9-13-4-7-16(23-2)8-5-13/h3-10H,1-2H3,(H,21,22)/b14-9+. The first-order chi connectivity index (χ1) is 11.0. The van der Waals surface area contributed by atoms with E-state index < -0.39 is 5.91 Å². The normalized spacial score (nSPS) is 10.8. The van der Waals surface area contributed by atoms with Crippen molar-refractivity contribution in [2.75, 3.05) is 12.4 Å². The molecule has 0 spiro atoms. The number of nitrogens with zero attached hydrogens (tertiary/aromatic N) is 1. The third kappa shape index (κ3) is 4.35. The van der Waals surface area contributed by atoms with E-state index in [1.165, 1.54) is 6.08 Å². The molecule has 0 fully saturated rings. The fourth-order valence-electron chi connectivity index (χ4n) is 1.88. The minimum atomic E-state index is -0.483. The Morgan fingerprint density at radius 2 is 1.96 bits per heavy atom. The molecule has 2 rings (SSSR count). The monoisotopic (exact) mass is 326 g/mol. The van der Waals surface area contributed by atoms with Crippen molar-refractivity contribution >= 4 is 29.3 Å². The van der Waals surface area contributed by atoms with Crippen LogP contribution in [-0.2, 0) is 4.79 Å². The highest BCUT2D eigenvalue weighted by Crippen LogP contribution is 2.21. The van der Waals surface area contributed by atoms with Gasteiger partial charge < -0.3 is 10.1 Å². The Labute approximate surface area is 140 Å². The summed E-state index contributed by atoms with van der Waals surface area (Å²) in [5.41, 5.74) is 2.20. The number of anilines is 1. The van der Waals surface area contributed by atoms with Crippen LogP contribution in [0.2, 0.25) is 5.02 Å². The molecule has 116 valence electrons. The lowest BCUT2D eigenvalue weighted by Gasteiger charge is -2.06. The van der Waals surface area contributed by atoms with Gasteiger partial charge in [0, 0.05) is 10.7 Å². The molecule has 0 aliphatic carbocycles. The molecule has 0 saturated carbocycles. The average Bonchev–Trinajstić information content (AvgIpc) is 2.56. The van der Waals surface area contributed by atoms with Gasteiger partial charge in [0.1, 0.15) is 17.4 Å². The van der Waals surface area contributed by atoms with Crippen LogP contribution in [0.4, 0.5) is 5.69 Å². The molecule has 0 radical (unpaired) electrons. The maximum absolute atomic E-state index is 12.2. The third-order valence-corrected chi connectivity index (χ3v) is 3.63. The number of amides is 1. The molecule has 1 amide bonds. The summed E-state index contributed by atoms with van der Waals surface area (Å²) in [6.45, 7) is 1.87. The fourth-order valence-corrected chi connectivity index (χ4v) is 2.06. The summed E-state index contributed by atoms with van der Waals surface area (Å²) >= 11 is 6.03. The number of halogens is 1. The van der Waals surface area contributed by atoms with Crippen LogP contribution in [0.5, 0.6) is 5.75 Å². The summed E-state index contributed by atoms with van der Waals surface area (Å²) in [7, 11) is 1.58. The number of rotatable bonds is 4. The molecule has 0 aromatic heterocycles. The molecule has 0 bridgehead atoms. The number of ether oxygens (including phenoxy) is 1. The molecule has 5 heteroatoms. The highest BCUT2D eigenvalue weighted by atomic mass is 35.5. The zero-order valence-corrected chi connectivity index (χ0v) is 13.5. The highest BCUT2D eigenvalue weighted by molar-refractivity contribution is 6.31.